The predicted octanol–water partition coefficient (Wildman–Crippen LogP) is 4.73. The van der Waals surface area contributed by atoms with E-state index in [1.807, 2.05) is 49.8 Å². The first-order valence-corrected chi connectivity index (χ1v) is 13.1. The number of hydrogen-bond acceptors (Lipinski definition) is 6. The molecule has 0 spiro atoms. The molecular weight excluding hydrogens is 500 g/mol. The van der Waals surface area contributed by atoms with Crippen molar-refractivity contribution in [2.24, 2.45) is 0 Å². The van der Waals surface area contributed by atoms with Gasteiger partial charge in [0.1, 0.15) is 6.04 Å². The maximum absolute atomic E-state index is 14.1. The van der Waals surface area contributed by atoms with Crippen molar-refractivity contribution in [3.05, 3.63) is 70.7 Å². The van der Waals surface area contributed by atoms with E-state index in [-0.39, 0.29) is 19.0 Å². The second-order valence-electron chi connectivity index (χ2n) is 10.2. The van der Waals surface area contributed by atoms with Crippen LogP contribution in [-0.4, -0.2) is 62.7 Å². The zero-order chi connectivity index (χ0) is 27.9. The number of pyridine rings is 2. The standard InChI is InChI=1S/C29H33F2N7O/c1-6-38-19(4)20(13-33-38)15-37(5)28(39)22-12-26(35-24-8-7-17(2)11-21(22)24)25-10-9-23(18(3)34-25)36-27-14-32-16-29(27,30)31/h7-13,27,32,36H,6,14-16H2,1-5H3. The predicted molar refractivity (Wildman–Crippen MR) is 148 cm³/mol. The quantitative estimate of drug-likeness (QED) is 0.357. The van der Waals surface area contributed by atoms with E-state index in [1.54, 1.807) is 37.1 Å². The highest BCUT2D eigenvalue weighted by molar-refractivity contribution is 6.07. The van der Waals surface area contributed by atoms with Crippen LogP contribution in [0.3, 0.4) is 0 Å². The topological polar surface area (TPSA) is 88.0 Å². The van der Waals surface area contributed by atoms with Gasteiger partial charge in [-0.1, -0.05) is 11.6 Å². The smallest absolute Gasteiger partial charge is 0.281 e. The molecule has 1 unspecified atom stereocenters. The Bertz CT molecular complexity index is 1550. The highest BCUT2D eigenvalue weighted by Crippen LogP contribution is 2.30. The SMILES string of the molecule is CCn1ncc(CN(C)C(=O)c2cc(-c3ccc(NC4CNCC4(F)F)c(C)n3)nc3ccc(C)cc23)c1C. The number of alkyl halides is 2. The highest BCUT2D eigenvalue weighted by Gasteiger charge is 2.44. The number of fused-ring (bicyclic) bond motifs is 1. The minimum absolute atomic E-state index is 0.135. The Kier molecular flexibility index (Phi) is 7.07. The third-order valence-corrected chi connectivity index (χ3v) is 7.35. The Labute approximate surface area is 226 Å². The van der Waals surface area contributed by atoms with Crippen LogP contribution in [0.5, 0.6) is 0 Å². The Morgan fingerprint density at radius 3 is 2.62 bits per heavy atom. The molecule has 1 atom stereocenters. The molecule has 1 fully saturated rings. The van der Waals surface area contributed by atoms with Gasteiger partial charge in [0.05, 0.1) is 46.6 Å². The van der Waals surface area contributed by atoms with Gasteiger partial charge in [-0.05, 0) is 58.0 Å². The van der Waals surface area contributed by atoms with Crippen molar-refractivity contribution in [2.45, 2.75) is 52.7 Å². The molecular formula is C29H33F2N7O. The number of nitrogens with one attached hydrogen (secondary N) is 2. The lowest BCUT2D eigenvalue weighted by molar-refractivity contribution is 0.0139. The Balaban J connectivity index is 1.49. The maximum Gasteiger partial charge on any atom is 0.281 e. The summed E-state index contributed by atoms with van der Waals surface area (Å²) in [5, 5.41) is 10.8. The number of carbonyl (C=O) groups is 1. The van der Waals surface area contributed by atoms with Gasteiger partial charge in [0.2, 0.25) is 0 Å². The molecule has 0 saturated carbocycles. The first-order valence-electron chi connectivity index (χ1n) is 13.1. The molecule has 1 aliphatic rings. The van der Waals surface area contributed by atoms with Crippen molar-refractivity contribution in [2.75, 3.05) is 25.5 Å². The van der Waals surface area contributed by atoms with E-state index in [0.717, 1.165) is 28.8 Å². The lowest BCUT2D eigenvalue weighted by Crippen LogP contribution is -2.38. The summed E-state index contributed by atoms with van der Waals surface area (Å²) in [5.41, 5.74) is 6.49. The van der Waals surface area contributed by atoms with Crippen molar-refractivity contribution in [3.8, 4) is 11.4 Å². The molecule has 3 aromatic heterocycles. The molecule has 8 nitrogen and oxygen atoms in total. The van der Waals surface area contributed by atoms with Crippen molar-refractivity contribution >= 4 is 22.5 Å². The minimum Gasteiger partial charge on any atom is -0.374 e. The van der Waals surface area contributed by atoms with Crippen molar-refractivity contribution in [1.82, 2.24) is 30.0 Å². The average Bonchev–Trinajstić information content (AvgIpc) is 3.43. The number of nitrogens with zero attached hydrogens (tertiary/aromatic N) is 5. The summed E-state index contributed by atoms with van der Waals surface area (Å²) in [6.45, 7) is 8.81. The van der Waals surface area contributed by atoms with Gasteiger partial charge >= 0.3 is 0 Å². The molecule has 1 aliphatic heterocycles. The fourth-order valence-electron chi connectivity index (χ4n) is 5.00. The van der Waals surface area contributed by atoms with Crippen LogP contribution in [-0.2, 0) is 13.1 Å². The largest absolute Gasteiger partial charge is 0.374 e. The molecule has 1 aromatic carbocycles. The molecule has 0 bridgehead atoms. The summed E-state index contributed by atoms with van der Waals surface area (Å²) in [7, 11) is 1.78. The lowest BCUT2D eigenvalue weighted by Gasteiger charge is -2.21. The monoisotopic (exact) mass is 533 g/mol. The second-order valence-corrected chi connectivity index (χ2v) is 10.2. The number of rotatable bonds is 7. The highest BCUT2D eigenvalue weighted by atomic mass is 19.3. The van der Waals surface area contributed by atoms with Gasteiger partial charge in [0.25, 0.3) is 11.8 Å². The van der Waals surface area contributed by atoms with E-state index in [4.69, 9.17) is 4.98 Å². The van der Waals surface area contributed by atoms with Gasteiger partial charge in [0, 0.05) is 43.3 Å². The van der Waals surface area contributed by atoms with E-state index in [1.165, 1.54) is 0 Å². The fourth-order valence-corrected chi connectivity index (χ4v) is 5.00. The zero-order valence-corrected chi connectivity index (χ0v) is 22.8. The summed E-state index contributed by atoms with van der Waals surface area (Å²) < 4.78 is 30.1. The Morgan fingerprint density at radius 1 is 1.15 bits per heavy atom. The number of aromatic nitrogens is 4. The molecule has 204 valence electrons. The summed E-state index contributed by atoms with van der Waals surface area (Å²) in [5.74, 6) is -2.97. The fraction of sp³-hybridized carbons (Fsp3) is 0.379. The first-order chi connectivity index (χ1) is 18.6. The van der Waals surface area contributed by atoms with Crippen molar-refractivity contribution in [3.63, 3.8) is 0 Å². The zero-order valence-electron chi connectivity index (χ0n) is 22.8. The number of aryl methyl sites for hydroxylation is 3. The summed E-state index contributed by atoms with van der Waals surface area (Å²) in [6, 6.07) is 10.1. The Morgan fingerprint density at radius 2 is 1.95 bits per heavy atom. The van der Waals surface area contributed by atoms with Gasteiger partial charge < -0.3 is 15.5 Å². The molecule has 1 saturated heterocycles. The van der Waals surface area contributed by atoms with Gasteiger partial charge in [-0.2, -0.15) is 5.10 Å². The Hall–Kier alpha value is -3.92. The molecule has 2 N–H and O–H groups in total. The summed E-state index contributed by atoms with van der Waals surface area (Å²) in [4.78, 5) is 24.9. The number of hydrogen-bond donors (Lipinski definition) is 2. The van der Waals surface area contributed by atoms with Gasteiger partial charge in [-0.15, -0.1) is 0 Å². The normalized spacial score (nSPS) is 16.5. The number of amides is 1. The van der Waals surface area contributed by atoms with Crippen molar-refractivity contribution in [1.29, 1.82) is 0 Å². The number of anilines is 1. The van der Waals surface area contributed by atoms with E-state index in [0.29, 0.717) is 40.4 Å². The maximum atomic E-state index is 14.1. The van der Waals surface area contributed by atoms with Gasteiger partial charge in [0.15, 0.2) is 0 Å². The molecule has 10 heteroatoms. The van der Waals surface area contributed by atoms with Crippen molar-refractivity contribution < 1.29 is 13.6 Å². The van der Waals surface area contributed by atoms with Crippen LogP contribution in [0.1, 0.15) is 39.8 Å². The van der Waals surface area contributed by atoms with Crippen LogP contribution >= 0.6 is 0 Å². The van der Waals surface area contributed by atoms with Crippen LogP contribution in [0.4, 0.5) is 14.5 Å². The van der Waals surface area contributed by atoms with Crippen LogP contribution < -0.4 is 10.6 Å². The molecule has 0 aliphatic carbocycles. The van der Waals surface area contributed by atoms with E-state index in [9.17, 15) is 13.6 Å². The van der Waals surface area contributed by atoms with E-state index in [2.05, 4.69) is 20.7 Å². The van der Waals surface area contributed by atoms with E-state index < -0.39 is 12.0 Å². The van der Waals surface area contributed by atoms with Crippen LogP contribution in [0.15, 0.2) is 42.6 Å². The molecule has 5 rings (SSSR count). The average molecular weight is 534 g/mol. The molecule has 4 heterocycles. The number of carbonyl (C=O) groups excluding carboxylic acids is 1. The lowest BCUT2D eigenvalue weighted by atomic mass is 10.0. The third kappa shape index (κ3) is 5.21. The van der Waals surface area contributed by atoms with Crippen LogP contribution in [0.25, 0.3) is 22.3 Å². The summed E-state index contributed by atoms with van der Waals surface area (Å²) >= 11 is 0. The molecule has 1 amide bonds. The molecule has 4 aromatic rings. The number of halogens is 2. The van der Waals surface area contributed by atoms with E-state index >= 15 is 0 Å². The second kappa shape index (κ2) is 10.3. The van der Waals surface area contributed by atoms with Crippen LogP contribution in [0.2, 0.25) is 0 Å². The molecule has 39 heavy (non-hydrogen) atoms. The van der Waals surface area contributed by atoms with Gasteiger partial charge in [-0.3, -0.25) is 9.48 Å². The van der Waals surface area contributed by atoms with Crippen LogP contribution in [0, 0.1) is 20.8 Å². The molecule has 0 radical (unpaired) electrons. The third-order valence-electron chi connectivity index (χ3n) is 7.35. The summed E-state index contributed by atoms with van der Waals surface area (Å²) in [6.07, 6.45) is 1.81. The van der Waals surface area contributed by atoms with Gasteiger partial charge in [-0.25, -0.2) is 18.7 Å². The number of benzene rings is 1. The minimum atomic E-state index is -2.84. The first kappa shape index (κ1) is 26.7.